The maximum atomic E-state index is 13.4. The molecule has 2 N–H and O–H groups in total. The van der Waals surface area contributed by atoms with E-state index >= 15 is 0 Å². The van der Waals surface area contributed by atoms with Crippen LogP contribution in [-0.4, -0.2) is 41.8 Å². The van der Waals surface area contributed by atoms with Gasteiger partial charge < -0.3 is 0 Å². The Morgan fingerprint density at radius 1 is 1.18 bits per heavy atom. The van der Waals surface area contributed by atoms with E-state index < -0.39 is 5.97 Å². The van der Waals surface area contributed by atoms with Gasteiger partial charge in [0, 0.05) is 0 Å². The number of carbonyl (C=O) groups is 2. The fraction of sp³-hybridized carbons (Fsp3) is 0.160. The first kappa shape index (κ1) is 22.1. The number of hydrogen-bond donors (Lipinski definition) is 2. The number of para-hydroxylation sites is 1. The Kier molecular flexibility index (Phi) is 5.59. The van der Waals surface area contributed by atoms with Crippen molar-refractivity contribution in [1.82, 2.24) is 8.55 Å². The van der Waals surface area contributed by atoms with E-state index in [1.54, 1.807) is 23.5 Å². The minimum absolute atomic E-state index is 0.0268. The van der Waals surface area contributed by atoms with E-state index in [9.17, 15) is 18.8 Å². The predicted molar refractivity (Wildman–Crippen MR) is 129 cm³/mol. The summed E-state index contributed by atoms with van der Waals surface area (Å²) in [5, 5.41) is 3.34. The van der Waals surface area contributed by atoms with Crippen molar-refractivity contribution in [1.29, 1.82) is 0 Å². The number of benzene rings is 2. The Hall–Kier alpha value is -3.68. The first-order valence-corrected chi connectivity index (χ1v) is 12.2. The number of aromatic amines is 1. The van der Waals surface area contributed by atoms with Crippen molar-refractivity contribution >= 4 is 53.6 Å². The number of amides is 1. The molecular formula is C25H20FN3O4Se. The van der Waals surface area contributed by atoms with Gasteiger partial charge in [-0.3, -0.25) is 0 Å². The molecule has 0 aliphatic carbocycles. The van der Waals surface area contributed by atoms with Gasteiger partial charge in [-0.2, -0.15) is 0 Å². The molecule has 0 saturated heterocycles. The standard InChI is InChI=1S/C25H20FN3O4Se/c1-13-20(12-18-16-5-3-4-6-19(16)28-23(18)30)27-14(2)22(13)25(32)33-10-9-29-24(31)17-8-7-15(26)11-21(17)34-29/h3-8,11-12,27H,9-10H2,1-2H3,(H,28,30)/b18-12-. The number of nitrogens with one attached hydrogen (secondary N) is 2. The zero-order valence-electron chi connectivity index (χ0n) is 18.4. The van der Waals surface area contributed by atoms with Crippen LogP contribution in [0.1, 0.15) is 32.9 Å². The molecule has 0 bridgehead atoms. The summed E-state index contributed by atoms with van der Waals surface area (Å²) < 4.78 is 21.2. The average molecular weight is 524 g/mol. The predicted octanol–water partition coefficient (Wildman–Crippen LogP) is 3.49. The zero-order valence-corrected chi connectivity index (χ0v) is 20.1. The third kappa shape index (κ3) is 3.83. The number of aryl methyl sites for hydroxylation is 1. The van der Waals surface area contributed by atoms with Gasteiger partial charge in [-0.05, 0) is 6.07 Å². The molecule has 4 aromatic rings. The van der Waals surface area contributed by atoms with E-state index in [4.69, 9.17) is 4.74 Å². The number of carbonyl (C=O) groups excluding carboxylic acids is 2. The van der Waals surface area contributed by atoms with Crippen molar-refractivity contribution in [3.63, 3.8) is 0 Å². The van der Waals surface area contributed by atoms with Crippen LogP contribution >= 0.6 is 0 Å². The van der Waals surface area contributed by atoms with Crippen LogP contribution in [0.25, 0.3) is 21.3 Å². The summed E-state index contributed by atoms with van der Waals surface area (Å²) in [5.41, 5.74) is 4.27. The number of anilines is 1. The third-order valence-electron chi connectivity index (χ3n) is 5.82. The van der Waals surface area contributed by atoms with Crippen molar-refractivity contribution in [2.75, 3.05) is 11.9 Å². The normalized spacial score (nSPS) is 14.0. The Labute approximate surface area is 199 Å². The van der Waals surface area contributed by atoms with Crippen LogP contribution in [0.4, 0.5) is 10.1 Å². The first-order valence-electron chi connectivity index (χ1n) is 10.6. The minimum atomic E-state index is -0.505. The number of esters is 1. The van der Waals surface area contributed by atoms with E-state index in [1.165, 1.54) is 18.2 Å². The van der Waals surface area contributed by atoms with Gasteiger partial charge >= 0.3 is 182 Å². The number of H-pyrrole nitrogens is 1. The molecule has 2 aromatic heterocycles. The van der Waals surface area contributed by atoms with Gasteiger partial charge in [-0.25, -0.2) is 0 Å². The third-order valence-corrected chi connectivity index (χ3v) is 8.13. The van der Waals surface area contributed by atoms with Crippen LogP contribution in [0.15, 0.2) is 47.3 Å². The second-order valence-corrected chi connectivity index (χ2v) is 10.2. The van der Waals surface area contributed by atoms with E-state index in [0.29, 0.717) is 37.7 Å². The molecule has 2 aromatic carbocycles. The van der Waals surface area contributed by atoms with Gasteiger partial charge in [0.25, 0.3) is 0 Å². The molecule has 1 amide bonds. The molecule has 0 unspecified atom stereocenters. The summed E-state index contributed by atoms with van der Waals surface area (Å²) in [4.78, 5) is 40.9. The van der Waals surface area contributed by atoms with Crippen molar-refractivity contribution in [3.8, 4) is 0 Å². The molecule has 3 heterocycles. The molecule has 0 radical (unpaired) electrons. The number of fused-ring (bicyclic) bond motifs is 2. The molecule has 0 spiro atoms. The van der Waals surface area contributed by atoms with E-state index in [2.05, 4.69) is 10.3 Å². The fourth-order valence-electron chi connectivity index (χ4n) is 4.13. The molecular weight excluding hydrogens is 504 g/mol. The van der Waals surface area contributed by atoms with Crippen LogP contribution in [0.2, 0.25) is 0 Å². The zero-order chi connectivity index (χ0) is 24.0. The Morgan fingerprint density at radius 2 is 1.97 bits per heavy atom. The summed E-state index contributed by atoms with van der Waals surface area (Å²) >= 11 is -0.349. The number of hydrogen-bond acceptors (Lipinski definition) is 4. The maximum absolute atomic E-state index is 13.4. The van der Waals surface area contributed by atoms with Crippen molar-refractivity contribution < 1.29 is 18.7 Å². The van der Waals surface area contributed by atoms with Crippen LogP contribution in [0.3, 0.4) is 0 Å². The SMILES string of the molecule is Cc1[nH]c(/C=C2\C(=O)Nc3ccccc32)c(C)c1C(=O)OCCn1[se]c2cc(F)ccc2c1=O. The van der Waals surface area contributed by atoms with Gasteiger partial charge in [0.05, 0.1) is 0 Å². The first-order chi connectivity index (χ1) is 16.3. The number of nitrogens with zero attached hydrogens (tertiary/aromatic N) is 1. The van der Waals surface area contributed by atoms with Crippen LogP contribution in [-0.2, 0) is 16.1 Å². The van der Waals surface area contributed by atoms with Gasteiger partial charge in [0.1, 0.15) is 0 Å². The molecule has 1 aliphatic heterocycles. The molecule has 5 rings (SSSR count). The van der Waals surface area contributed by atoms with Crippen LogP contribution < -0.4 is 10.9 Å². The summed E-state index contributed by atoms with van der Waals surface area (Å²) in [5.74, 6) is -1.07. The van der Waals surface area contributed by atoms with Gasteiger partial charge in [-0.15, -0.1) is 0 Å². The summed E-state index contributed by atoms with van der Waals surface area (Å²) in [7, 11) is 0. The van der Waals surface area contributed by atoms with E-state index in [0.717, 1.165) is 11.3 Å². The van der Waals surface area contributed by atoms with E-state index in [1.807, 2.05) is 24.3 Å². The van der Waals surface area contributed by atoms with Crippen LogP contribution in [0, 0.1) is 19.7 Å². The Morgan fingerprint density at radius 3 is 2.79 bits per heavy atom. The monoisotopic (exact) mass is 525 g/mol. The van der Waals surface area contributed by atoms with Gasteiger partial charge in [-0.1, -0.05) is 12.1 Å². The number of ether oxygens (including phenoxy) is 1. The molecule has 0 fully saturated rings. The molecule has 34 heavy (non-hydrogen) atoms. The molecule has 172 valence electrons. The number of aromatic nitrogens is 2. The average Bonchev–Trinajstić information content (AvgIpc) is 3.39. The number of rotatable bonds is 5. The topological polar surface area (TPSA) is 93.2 Å². The van der Waals surface area contributed by atoms with Crippen LogP contribution in [0.5, 0.6) is 0 Å². The summed E-state index contributed by atoms with van der Waals surface area (Å²) in [6, 6.07) is 11.6. The van der Waals surface area contributed by atoms with Gasteiger partial charge in [0.15, 0.2) is 0 Å². The number of halogens is 1. The summed E-state index contributed by atoms with van der Waals surface area (Å²) in [6.45, 7) is 3.83. The second-order valence-electron chi connectivity index (χ2n) is 8.00. The Bertz CT molecular complexity index is 1560. The van der Waals surface area contributed by atoms with E-state index in [-0.39, 0.29) is 45.2 Å². The van der Waals surface area contributed by atoms with Crippen molar-refractivity contribution in [3.05, 3.63) is 86.7 Å². The Balaban J connectivity index is 1.33. The molecule has 0 atom stereocenters. The molecule has 9 heteroatoms. The fourth-order valence-corrected chi connectivity index (χ4v) is 6.24. The summed E-state index contributed by atoms with van der Waals surface area (Å²) in [6.07, 6.45) is 1.74. The molecule has 7 nitrogen and oxygen atoms in total. The quantitative estimate of drug-likeness (QED) is 0.238. The van der Waals surface area contributed by atoms with Crippen molar-refractivity contribution in [2.45, 2.75) is 20.4 Å². The van der Waals surface area contributed by atoms with Crippen molar-refractivity contribution in [2.24, 2.45) is 0 Å². The second kappa shape index (κ2) is 8.59. The molecule has 0 saturated carbocycles. The molecule has 1 aliphatic rings. The van der Waals surface area contributed by atoms with Gasteiger partial charge in [0.2, 0.25) is 0 Å².